The number of nitro benzene ring substituents is 1. The van der Waals surface area contributed by atoms with E-state index in [0.717, 1.165) is 18.3 Å². The summed E-state index contributed by atoms with van der Waals surface area (Å²) < 4.78 is 13.2. The second kappa shape index (κ2) is 5.41. The van der Waals surface area contributed by atoms with E-state index in [4.69, 9.17) is 10.5 Å². The summed E-state index contributed by atoms with van der Waals surface area (Å²) in [4.78, 5) is 9.96. The summed E-state index contributed by atoms with van der Waals surface area (Å²) in [6.45, 7) is 1.44. The van der Waals surface area contributed by atoms with Gasteiger partial charge < -0.3 is 5.32 Å². The third kappa shape index (κ3) is 2.80. The Balaban J connectivity index is 3.20. The highest BCUT2D eigenvalue weighted by Crippen LogP contribution is 2.27. The maximum atomic E-state index is 13.2. The van der Waals surface area contributed by atoms with Gasteiger partial charge in [0.2, 0.25) is 0 Å². The third-order valence-corrected chi connectivity index (χ3v) is 2.15. The Bertz CT molecular complexity index is 595. The van der Waals surface area contributed by atoms with Crippen molar-refractivity contribution >= 4 is 11.4 Å². The molecule has 1 N–H and O–H groups in total. The number of hydrogen-bond acceptors (Lipinski definition) is 5. The summed E-state index contributed by atoms with van der Waals surface area (Å²) >= 11 is 0. The molecule has 0 saturated carbocycles. The van der Waals surface area contributed by atoms with Crippen molar-refractivity contribution in [2.45, 2.75) is 6.92 Å². The van der Waals surface area contributed by atoms with Gasteiger partial charge in [-0.1, -0.05) is 0 Å². The van der Waals surface area contributed by atoms with Gasteiger partial charge in [0.25, 0.3) is 5.69 Å². The van der Waals surface area contributed by atoms with Gasteiger partial charge in [0.05, 0.1) is 22.2 Å². The molecule has 6 nitrogen and oxygen atoms in total. The molecule has 1 aromatic carbocycles. The second-order valence-corrected chi connectivity index (χ2v) is 3.28. The van der Waals surface area contributed by atoms with Crippen LogP contribution >= 0.6 is 0 Å². The summed E-state index contributed by atoms with van der Waals surface area (Å²) in [5.74, 6) is -0.779. The first-order valence-corrected chi connectivity index (χ1v) is 4.71. The van der Waals surface area contributed by atoms with E-state index in [-0.39, 0.29) is 22.5 Å². The molecule has 0 aliphatic heterocycles. The number of nitriles is 2. The maximum absolute atomic E-state index is 13.2. The summed E-state index contributed by atoms with van der Waals surface area (Å²) in [6, 6.07) is 5.06. The average molecular weight is 246 g/mol. The van der Waals surface area contributed by atoms with Gasteiger partial charge in [-0.2, -0.15) is 10.5 Å². The Labute approximate surface area is 102 Å². The minimum Gasteiger partial charge on any atom is -0.359 e. The van der Waals surface area contributed by atoms with Crippen molar-refractivity contribution in [2.75, 3.05) is 5.32 Å². The van der Waals surface area contributed by atoms with Crippen LogP contribution < -0.4 is 5.32 Å². The van der Waals surface area contributed by atoms with Crippen LogP contribution in [0.3, 0.4) is 0 Å². The van der Waals surface area contributed by atoms with Gasteiger partial charge in [-0.25, -0.2) is 4.39 Å². The van der Waals surface area contributed by atoms with Crippen LogP contribution in [0.5, 0.6) is 0 Å². The lowest BCUT2D eigenvalue weighted by molar-refractivity contribution is -0.385. The first-order valence-electron chi connectivity index (χ1n) is 4.71. The number of halogens is 1. The van der Waals surface area contributed by atoms with E-state index < -0.39 is 10.7 Å². The lowest BCUT2D eigenvalue weighted by Gasteiger charge is -2.06. The molecule has 0 amide bonds. The Morgan fingerprint density at radius 1 is 1.50 bits per heavy atom. The van der Waals surface area contributed by atoms with Crippen LogP contribution in [0.25, 0.3) is 0 Å². The molecule has 0 unspecified atom stereocenters. The van der Waals surface area contributed by atoms with Gasteiger partial charge in [-0.15, -0.1) is 0 Å². The van der Waals surface area contributed by atoms with Crippen LogP contribution in [0, 0.1) is 45.5 Å². The van der Waals surface area contributed by atoms with Crippen LogP contribution in [-0.4, -0.2) is 4.92 Å². The molecule has 1 rings (SSSR count). The molecule has 0 saturated heterocycles. The Morgan fingerprint density at radius 2 is 2.11 bits per heavy atom. The Hall–Kier alpha value is -2.93. The monoisotopic (exact) mass is 246 g/mol. The summed E-state index contributed by atoms with van der Waals surface area (Å²) in [6.07, 6.45) is 1.06. The SMILES string of the molecule is Cc1c(NC=C(C#N)C#N)cc(F)cc1[N+](=O)[O-]. The van der Waals surface area contributed by atoms with Gasteiger partial charge in [-0.3, -0.25) is 10.1 Å². The van der Waals surface area contributed by atoms with Gasteiger partial charge in [-0.05, 0) is 13.0 Å². The van der Waals surface area contributed by atoms with Crippen LogP contribution in [0.15, 0.2) is 23.9 Å². The molecule has 90 valence electrons. The standard InChI is InChI=1S/C11H7FN4O2/c1-7-10(15-6-8(4-13)5-14)2-9(12)3-11(7)16(17)18/h2-3,6,15H,1H3. The molecule has 0 bridgehead atoms. The van der Waals surface area contributed by atoms with Gasteiger partial charge in [0.15, 0.2) is 0 Å². The summed E-state index contributed by atoms with van der Waals surface area (Å²) in [7, 11) is 0. The molecule has 0 spiro atoms. The minimum absolute atomic E-state index is 0.129. The van der Waals surface area contributed by atoms with Crippen LogP contribution in [0.2, 0.25) is 0 Å². The van der Waals surface area contributed by atoms with Crippen LogP contribution in [0.1, 0.15) is 5.56 Å². The van der Waals surface area contributed by atoms with E-state index in [0.29, 0.717) is 0 Å². The number of allylic oxidation sites excluding steroid dienone is 1. The smallest absolute Gasteiger partial charge is 0.277 e. The number of benzene rings is 1. The first kappa shape index (κ1) is 13.1. The van der Waals surface area contributed by atoms with Gasteiger partial charge in [0.1, 0.15) is 23.5 Å². The normalized spacial score (nSPS) is 8.89. The molecule has 0 heterocycles. The quantitative estimate of drug-likeness (QED) is 0.501. The zero-order valence-corrected chi connectivity index (χ0v) is 9.27. The predicted octanol–water partition coefficient (Wildman–Crippen LogP) is 2.39. The molecule has 0 aromatic heterocycles. The number of nitro groups is 1. The zero-order chi connectivity index (χ0) is 13.7. The fraction of sp³-hybridized carbons (Fsp3) is 0.0909. The van der Waals surface area contributed by atoms with Crippen molar-refractivity contribution in [1.82, 2.24) is 0 Å². The number of anilines is 1. The fourth-order valence-electron chi connectivity index (χ4n) is 1.24. The van der Waals surface area contributed by atoms with Crippen molar-refractivity contribution in [3.05, 3.63) is 45.4 Å². The largest absolute Gasteiger partial charge is 0.359 e. The van der Waals surface area contributed by atoms with E-state index in [1.165, 1.54) is 6.92 Å². The third-order valence-electron chi connectivity index (χ3n) is 2.15. The first-order chi connectivity index (χ1) is 8.49. The van der Waals surface area contributed by atoms with Crippen molar-refractivity contribution in [3.63, 3.8) is 0 Å². The highest BCUT2D eigenvalue weighted by atomic mass is 19.1. The maximum Gasteiger partial charge on any atom is 0.277 e. The van der Waals surface area contributed by atoms with Crippen molar-refractivity contribution in [1.29, 1.82) is 10.5 Å². The van der Waals surface area contributed by atoms with E-state index in [1.54, 1.807) is 12.1 Å². The number of nitrogens with one attached hydrogen (secondary N) is 1. The van der Waals surface area contributed by atoms with E-state index in [9.17, 15) is 14.5 Å². The molecule has 7 heteroatoms. The number of nitrogens with zero attached hydrogens (tertiary/aromatic N) is 3. The van der Waals surface area contributed by atoms with Crippen molar-refractivity contribution in [3.8, 4) is 12.1 Å². The molecule has 0 atom stereocenters. The number of rotatable bonds is 3. The molecule has 0 fully saturated rings. The van der Waals surface area contributed by atoms with Crippen molar-refractivity contribution in [2.24, 2.45) is 0 Å². The zero-order valence-electron chi connectivity index (χ0n) is 9.27. The molecular weight excluding hydrogens is 239 g/mol. The average Bonchev–Trinajstić information content (AvgIpc) is 2.33. The Kier molecular flexibility index (Phi) is 3.95. The van der Waals surface area contributed by atoms with Crippen molar-refractivity contribution < 1.29 is 9.31 Å². The fourth-order valence-corrected chi connectivity index (χ4v) is 1.24. The van der Waals surface area contributed by atoms with Crippen LogP contribution in [0.4, 0.5) is 15.8 Å². The second-order valence-electron chi connectivity index (χ2n) is 3.28. The van der Waals surface area contributed by atoms with E-state index in [1.807, 2.05) is 0 Å². The highest BCUT2D eigenvalue weighted by molar-refractivity contribution is 5.62. The molecule has 18 heavy (non-hydrogen) atoms. The van der Waals surface area contributed by atoms with Crippen LogP contribution in [-0.2, 0) is 0 Å². The molecule has 0 aliphatic carbocycles. The summed E-state index contributed by atoms with van der Waals surface area (Å²) in [5, 5.41) is 30.2. The number of hydrogen-bond donors (Lipinski definition) is 1. The lowest BCUT2D eigenvalue weighted by atomic mass is 10.1. The minimum atomic E-state index is -0.779. The summed E-state index contributed by atoms with van der Waals surface area (Å²) in [5.41, 5.74) is -0.250. The lowest BCUT2D eigenvalue weighted by Crippen LogP contribution is -1.99. The topological polar surface area (TPSA) is 103 Å². The van der Waals surface area contributed by atoms with E-state index in [2.05, 4.69) is 5.32 Å². The van der Waals surface area contributed by atoms with Gasteiger partial charge in [0, 0.05) is 6.20 Å². The predicted molar refractivity (Wildman–Crippen MR) is 60.7 cm³/mol. The van der Waals surface area contributed by atoms with E-state index >= 15 is 0 Å². The Morgan fingerprint density at radius 3 is 2.61 bits per heavy atom. The molecule has 0 radical (unpaired) electrons. The molecular formula is C11H7FN4O2. The molecule has 1 aromatic rings. The highest BCUT2D eigenvalue weighted by Gasteiger charge is 2.15. The van der Waals surface area contributed by atoms with Gasteiger partial charge >= 0.3 is 0 Å². The molecule has 0 aliphatic rings.